The van der Waals surface area contributed by atoms with Gasteiger partial charge < -0.3 is 24.6 Å². The summed E-state index contributed by atoms with van der Waals surface area (Å²) < 4.78 is 38.8. The second-order valence-electron chi connectivity index (χ2n) is 6.44. The van der Waals surface area contributed by atoms with E-state index in [0.29, 0.717) is 43.3 Å². The van der Waals surface area contributed by atoms with Gasteiger partial charge in [-0.1, -0.05) is 0 Å². The van der Waals surface area contributed by atoms with Crippen molar-refractivity contribution in [1.29, 1.82) is 0 Å². The molecule has 0 aromatic carbocycles. The van der Waals surface area contributed by atoms with Crippen molar-refractivity contribution < 1.29 is 32.3 Å². The Labute approximate surface area is 159 Å². The van der Waals surface area contributed by atoms with Crippen LogP contribution in [-0.2, 0) is 24.0 Å². The topological polar surface area (TPSA) is 175 Å². The fraction of sp³-hybridized carbons (Fsp3) is 0.643. The zero-order chi connectivity index (χ0) is 19.9. The second-order valence-corrected chi connectivity index (χ2v) is 7.67. The van der Waals surface area contributed by atoms with Gasteiger partial charge in [-0.25, -0.2) is 20.1 Å². The largest absolute Gasteiger partial charge is 0.387 e. The Kier molecular flexibility index (Phi) is 5.17. The molecule has 2 aliphatic heterocycles. The van der Waals surface area contributed by atoms with Crippen molar-refractivity contribution in [3.05, 3.63) is 12.7 Å². The van der Waals surface area contributed by atoms with E-state index >= 15 is 0 Å². The van der Waals surface area contributed by atoms with E-state index in [1.54, 1.807) is 0 Å². The Morgan fingerprint density at radius 2 is 1.96 bits per heavy atom. The maximum Gasteiger partial charge on any atom is 0.333 e. The number of aliphatic hydroxyl groups is 2. The van der Waals surface area contributed by atoms with Crippen LogP contribution < -0.4 is 10.0 Å². The molecule has 0 aliphatic carbocycles. The minimum atomic E-state index is -4.20. The molecule has 0 unspecified atom stereocenters. The van der Waals surface area contributed by atoms with Crippen LogP contribution in [0, 0.1) is 0 Å². The van der Waals surface area contributed by atoms with Crippen LogP contribution in [0.2, 0.25) is 0 Å². The highest BCUT2D eigenvalue weighted by atomic mass is 32.2. The molecule has 2 aliphatic rings. The van der Waals surface area contributed by atoms with Gasteiger partial charge in [0.2, 0.25) is 0 Å². The van der Waals surface area contributed by atoms with Gasteiger partial charge in [0.15, 0.2) is 23.2 Å². The van der Waals surface area contributed by atoms with Gasteiger partial charge in [-0.15, -0.1) is 0 Å². The molecule has 154 valence electrons. The lowest BCUT2D eigenvalue weighted by atomic mass is 10.1. The molecule has 0 radical (unpaired) electrons. The van der Waals surface area contributed by atoms with Gasteiger partial charge in [-0.05, 0) is 0 Å². The lowest BCUT2D eigenvalue weighted by molar-refractivity contribution is -0.0467. The monoisotopic (exact) mass is 416 g/mol. The molecule has 4 heterocycles. The molecule has 4 rings (SSSR count). The molecular formula is C14H20N6O7S. The molecule has 2 aromatic rings. The van der Waals surface area contributed by atoms with Crippen molar-refractivity contribution in [2.75, 3.05) is 37.8 Å². The van der Waals surface area contributed by atoms with E-state index in [0.717, 1.165) is 0 Å². The molecule has 0 saturated carbocycles. The van der Waals surface area contributed by atoms with Gasteiger partial charge in [0.05, 0.1) is 26.1 Å². The first-order valence-corrected chi connectivity index (χ1v) is 10.0. The number of anilines is 1. The number of imidazole rings is 1. The zero-order valence-corrected chi connectivity index (χ0v) is 15.5. The highest BCUT2D eigenvalue weighted by Gasteiger charge is 2.45. The summed E-state index contributed by atoms with van der Waals surface area (Å²) in [6.45, 7) is 1.94. The summed E-state index contributed by atoms with van der Waals surface area (Å²) in [4.78, 5) is 14.9. The van der Waals surface area contributed by atoms with Gasteiger partial charge in [0.25, 0.3) is 0 Å². The van der Waals surface area contributed by atoms with Crippen LogP contribution in [0.1, 0.15) is 6.23 Å². The predicted octanol–water partition coefficient (Wildman–Crippen LogP) is -2.50. The van der Waals surface area contributed by atoms with Crippen LogP contribution in [0.3, 0.4) is 0 Å². The van der Waals surface area contributed by atoms with Crippen LogP contribution in [0.5, 0.6) is 0 Å². The first-order chi connectivity index (χ1) is 13.3. The number of hydrogen-bond acceptors (Lipinski definition) is 11. The Morgan fingerprint density at radius 3 is 2.68 bits per heavy atom. The number of aliphatic hydroxyl groups excluding tert-OH is 2. The minimum absolute atomic E-state index is 0.403. The van der Waals surface area contributed by atoms with Gasteiger partial charge >= 0.3 is 10.3 Å². The number of fused-ring (bicyclic) bond motifs is 1. The molecule has 4 atom stereocenters. The number of rotatable bonds is 5. The number of aromatic nitrogens is 4. The number of nitrogens with zero attached hydrogens (tertiary/aromatic N) is 5. The predicted molar refractivity (Wildman–Crippen MR) is 93.3 cm³/mol. The van der Waals surface area contributed by atoms with Crippen molar-refractivity contribution in [2.24, 2.45) is 5.14 Å². The van der Waals surface area contributed by atoms with Crippen molar-refractivity contribution in [3.63, 3.8) is 0 Å². The molecule has 2 saturated heterocycles. The van der Waals surface area contributed by atoms with E-state index in [2.05, 4.69) is 19.1 Å². The summed E-state index contributed by atoms with van der Waals surface area (Å²) >= 11 is 0. The highest BCUT2D eigenvalue weighted by molar-refractivity contribution is 7.84. The van der Waals surface area contributed by atoms with Crippen LogP contribution in [-0.4, -0.2) is 89.4 Å². The van der Waals surface area contributed by atoms with Gasteiger partial charge in [-0.2, -0.15) is 8.42 Å². The average Bonchev–Trinajstić information content (AvgIpc) is 3.22. The third-order valence-electron chi connectivity index (χ3n) is 4.66. The van der Waals surface area contributed by atoms with Crippen LogP contribution in [0.4, 0.5) is 5.82 Å². The van der Waals surface area contributed by atoms with Gasteiger partial charge in [-0.3, -0.25) is 8.75 Å². The fourth-order valence-electron chi connectivity index (χ4n) is 3.29. The smallest absolute Gasteiger partial charge is 0.333 e. The standard InChI is InChI=1S/C14H20N6O7S/c15-28(23,24)26-5-8-10(21)11(22)14(27-8)20-7-18-9-12(16-6-17-13(9)20)19-1-3-25-4-2-19/h6-8,10-11,14,21-22H,1-5H2,(H2,15,23,24)/t8-,10-,11-,14-/m1/s1. The third kappa shape index (κ3) is 3.67. The lowest BCUT2D eigenvalue weighted by Crippen LogP contribution is -2.37. The number of ether oxygens (including phenoxy) is 2. The van der Waals surface area contributed by atoms with E-state index in [-0.39, 0.29) is 0 Å². The second kappa shape index (κ2) is 7.47. The Balaban J connectivity index is 1.60. The lowest BCUT2D eigenvalue weighted by Gasteiger charge is -2.27. The first-order valence-electron chi connectivity index (χ1n) is 8.54. The molecule has 14 heteroatoms. The van der Waals surface area contributed by atoms with Crippen molar-refractivity contribution in [1.82, 2.24) is 19.5 Å². The quantitative estimate of drug-likeness (QED) is 0.470. The molecule has 2 fully saturated rings. The van der Waals surface area contributed by atoms with E-state index in [1.165, 1.54) is 17.2 Å². The summed E-state index contributed by atoms with van der Waals surface area (Å²) in [5.41, 5.74) is 0.916. The molecule has 13 nitrogen and oxygen atoms in total. The Hall–Kier alpha value is -1.94. The third-order valence-corrected chi connectivity index (χ3v) is 5.12. The van der Waals surface area contributed by atoms with Crippen molar-refractivity contribution in [3.8, 4) is 0 Å². The van der Waals surface area contributed by atoms with Crippen LogP contribution in [0.15, 0.2) is 12.7 Å². The number of nitrogens with two attached hydrogens (primary N) is 1. The Bertz CT molecular complexity index is 947. The minimum Gasteiger partial charge on any atom is -0.387 e. The fourth-order valence-corrected chi connectivity index (χ4v) is 3.61. The zero-order valence-electron chi connectivity index (χ0n) is 14.7. The van der Waals surface area contributed by atoms with Gasteiger partial charge in [0, 0.05) is 13.1 Å². The molecule has 2 aromatic heterocycles. The summed E-state index contributed by atoms with van der Waals surface area (Å²) in [6.07, 6.45) is -2.08. The van der Waals surface area contributed by atoms with Crippen molar-refractivity contribution >= 4 is 27.3 Å². The molecular weight excluding hydrogens is 396 g/mol. The van der Waals surface area contributed by atoms with E-state index in [1.807, 2.05) is 4.90 Å². The van der Waals surface area contributed by atoms with Gasteiger partial charge in [0.1, 0.15) is 24.6 Å². The average molecular weight is 416 g/mol. The van der Waals surface area contributed by atoms with Crippen LogP contribution in [0.25, 0.3) is 11.2 Å². The normalized spacial score (nSPS) is 28.9. The number of morpholine rings is 1. The maximum atomic E-state index is 11.0. The molecule has 0 bridgehead atoms. The van der Waals surface area contributed by atoms with E-state index in [4.69, 9.17) is 14.6 Å². The van der Waals surface area contributed by atoms with E-state index in [9.17, 15) is 18.6 Å². The first kappa shape index (κ1) is 19.4. The molecule has 0 amide bonds. The molecule has 28 heavy (non-hydrogen) atoms. The summed E-state index contributed by atoms with van der Waals surface area (Å²) in [6, 6.07) is 0. The Morgan fingerprint density at radius 1 is 1.21 bits per heavy atom. The number of hydrogen-bond donors (Lipinski definition) is 3. The summed E-state index contributed by atoms with van der Waals surface area (Å²) in [5, 5.41) is 25.3. The summed E-state index contributed by atoms with van der Waals surface area (Å²) in [7, 11) is -4.20. The van der Waals surface area contributed by atoms with Crippen molar-refractivity contribution in [2.45, 2.75) is 24.5 Å². The van der Waals surface area contributed by atoms with E-state index < -0.39 is 41.5 Å². The molecule has 0 spiro atoms. The molecule has 4 N–H and O–H groups in total. The SMILES string of the molecule is NS(=O)(=O)OC[C@H]1O[C@@H](n2cnc3c(N4CCOCC4)ncnc32)[C@H](O)[C@@H]1O. The highest BCUT2D eigenvalue weighted by Crippen LogP contribution is 2.33. The summed E-state index contributed by atoms with van der Waals surface area (Å²) in [5.74, 6) is 0.634. The maximum absolute atomic E-state index is 11.0. The van der Waals surface area contributed by atoms with Crippen LogP contribution >= 0.6 is 0 Å².